The standard InChI is InChI=1S/C36H26O6/c37-35(38)29-19-25-15-7-9-17-27(25)31(33(29)41-21-23-11-3-1-4-12-23)32-28-18-10-8-16-26(28)20-30(36(39)40)34(32)42-22-24-13-5-2-6-14-24/h1-20H,21-22H2,(H,37,38)(H,39,40). The minimum atomic E-state index is -1.16. The van der Waals surface area contributed by atoms with E-state index in [0.717, 1.165) is 11.1 Å². The molecule has 2 N–H and O–H groups in total. The SMILES string of the molecule is O=C(O)c1cc2ccccc2c(-c2c(OCc3ccccc3)c(C(=O)O)cc3ccccc23)c1OCc1ccccc1. The summed E-state index contributed by atoms with van der Waals surface area (Å²) in [7, 11) is 0. The highest BCUT2D eigenvalue weighted by Gasteiger charge is 2.28. The van der Waals surface area contributed by atoms with Crippen molar-refractivity contribution >= 4 is 33.5 Å². The molecule has 42 heavy (non-hydrogen) atoms. The van der Waals surface area contributed by atoms with Crippen molar-refractivity contribution in [2.24, 2.45) is 0 Å². The third kappa shape index (κ3) is 5.13. The molecule has 0 amide bonds. The Morgan fingerprint density at radius 3 is 1.24 bits per heavy atom. The molecule has 0 unspecified atom stereocenters. The first-order valence-corrected chi connectivity index (χ1v) is 13.4. The number of carbonyl (C=O) groups is 2. The molecule has 0 aliphatic heterocycles. The summed E-state index contributed by atoms with van der Waals surface area (Å²) in [5, 5.41) is 23.5. The van der Waals surface area contributed by atoms with E-state index in [4.69, 9.17) is 9.47 Å². The Balaban J connectivity index is 1.69. The smallest absolute Gasteiger partial charge is 0.339 e. The first-order chi connectivity index (χ1) is 20.5. The van der Waals surface area contributed by atoms with E-state index in [0.29, 0.717) is 32.7 Å². The zero-order valence-electron chi connectivity index (χ0n) is 22.5. The van der Waals surface area contributed by atoms with Crippen LogP contribution in [0.1, 0.15) is 31.8 Å². The van der Waals surface area contributed by atoms with E-state index in [1.54, 1.807) is 12.1 Å². The topological polar surface area (TPSA) is 93.1 Å². The molecule has 0 fully saturated rings. The van der Waals surface area contributed by atoms with Gasteiger partial charge in [-0.1, -0.05) is 109 Å². The first kappa shape index (κ1) is 26.6. The first-order valence-electron chi connectivity index (χ1n) is 13.4. The predicted octanol–water partition coefficient (Wildman–Crippen LogP) is 8.21. The van der Waals surface area contributed by atoms with Gasteiger partial charge in [0.05, 0.1) is 0 Å². The number of rotatable bonds is 9. The molecule has 0 heterocycles. The second kappa shape index (κ2) is 11.5. The number of aromatic carboxylic acids is 2. The Morgan fingerprint density at radius 2 is 0.857 bits per heavy atom. The molecule has 0 bridgehead atoms. The fourth-order valence-electron chi connectivity index (χ4n) is 5.23. The van der Waals surface area contributed by atoms with Gasteiger partial charge in [-0.2, -0.15) is 0 Å². The Kier molecular flexibility index (Phi) is 7.26. The third-order valence-corrected chi connectivity index (χ3v) is 7.17. The molecule has 0 aliphatic carbocycles. The van der Waals surface area contributed by atoms with Crippen LogP contribution in [0.2, 0.25) is 0 Å². The highest BCUT2D eigenvalue weighted by molar-refractivity contribution is 6.15. The Bertz CT molecular complexity index is 1790. The Hall–Kier alpha value is -5.62. The van der Waals surface area contributed by atoms with E-state index in [1.807, 2.05) is 109 Å². The van der Waals surface area contributed by atoms with Crippen LogP contribution in [0.25, 0.3) is 32.7 Å². The van der Waals surface area contributed by atoms with Crippen molar-refractivity contribution in [1.29, 1.82) is 0 Å². The monoisotopic (exact) mass is 554 g/mol. The Morgan fingerprint density at radius 1 is 0.500 bits per heavy atom. The average Bonchev–Trinajstić information content (AvgIpc) is 3.02. The minimum Gasteiger partial charge on any atom is -0.487 e. The zero-order chi connectivity index (χ0) is 29.1. The third-order valence-electron chi connectivity index (χ3n) is 7.17. The van der Waals surface area contributed by atoms with Gasteiger partial charge in [0, 0.05) is 11.1 Å². The fourth-order valence-corrected chi connectivity index (χ4v) is 5.23. The van der Waals surface area contributed by atoms with Crippen LogP contribution in [0.15, 0.2) is 121 Å². The number of carboxylic acids is 2. The molecule has 6 heteroatoms. The molecule has 6 aromatic carbocycles. The summed E-state index contributed by atoms with van der Waals surface area (Å²) in [6, 6.07) is 36.9. The molecule has 6 nitrogen and oxygen atoms in total. The largest absolute Gasteiger partial charge is 0.487 e. The van der Waals surface area contributed by atoms with Crippen LogP contribution in [0.4, 0.5) is 0 Å². The summed E-state index contributed by atoms with van der Waals surface area (Å²) in [5.74, 6) is -2.03. The quantitative estimate of drug-likeness (QED) is 0.187. The normalized spacial score (nSPS) is 11.0. The average molecular weight is 555 g/mol. The summed E-state index contributed by atoms with van der Waals surface area (Å²) >= 11 is 0. The van der Waals surface area contributed by atoms with Crippen molar-refractivity contribution in [3.8, 4) is 22.6 Å². The van der Waals surface area contributed by atoms with Crippen LogP contribution in [-0.2, 0) is 13.2 Å². The van der Waals surface area contributed by atoms with E-state index in [1.165, 1.54) is 0 Å². The van der Waals surface area contributed by atoms with Crippen LogP contribution < -0.4 is 9.47 Å². The summed E-state index contributed by atoms with van der Waals surface area (Å²) in [6.07, 6.45) is 0. The lowest BCUT2D eigenvalue weighted by atomic mass is 9.88. The minimum absolute atomic E-state index is 0.0292. The second-order valence-corrected chi connectivity index (χ2v) is 9.86. The van der Waals surface area contributed by atoms with Crippen molar-refractivity contribution in [3.63, 3.8) is 0 Å². The maximum Gasteiger partial charge on any atom is 0.339 e. The molecule has 6 aromatic rings. The zero-order valence-corrected chi connectivity index (χ0v) is 22.5. The van der Waals surface area contributed by atoms with Gasteiger partial charge in [-0.3, -0.25) is 0 Å². The summed E-state index contributed by atoms with van der Waals surface area (Å²) < 4.78 is 12.7. The van der Waals surface area contributed by atoms with Gasteiger partial charge in [0.1, 0.15) is 35.8 Å². The van der Waals surface area contributed by atoms with Crippen molar-refractivity contribution in [2.75, 3.05) is 0 Å². The molecule has 0 radical (unpaired) electrons. The van der Waals surface area contributed by atoms with Gasteiger partial charge in [-0.15, -0.1) is 0 Å². The van der Waals surface area contributed by atoms with Crippen LogP contribution in [0.5, 0.6) is 11.5 Å². The Labute approximate surface area is 242 Å². The van der Waals surface area contributed by atoms with Gasteiger partial charge in [0.2, 0.25) is 0 Å². The number of ether oxygens (including phenoxy) is 2. The molecule has 0 saturated heterocycles. The van der Waals surface area contributed by atoms with Gasteiger partial charge in [-0.25, -0.2) is 9.59 Å². The molecule has 0 aliphatic rings. The van der Waals surface area contributed by atoms with Crippen molar-refractivity contribution in [2.45, 2.75) is 13.2 Å². The van der Waals surface area contributed by atoms with Gasteiger partial charge >= 0.3 is 11.9 Å². The fraction of sp³-hybridized carbons (Fsp3) is 0.0556. The maximum atomic E-state index is 12.7. The van der Waals surface area contributed by atoms with E-state index < -0.39 is 11.9 Å². The molecule has 206 valence electrons. The number of carboxylic acid groups (broad SMARTS) is 2. The molecule has 6 rings (SSSR count). The van der Waals surface area contributed by atoms with E-state index in [9.17, 15) is 19.8 Å². The van der Waals surface area contributed by atoms with Crippen molar-refractivity contribution in [3.05, 3.63) is 144 Å². The van der Waals surface area contributed by atoms with Gasteiger partial charge in [-0.05, 0) is 44.8 Å². The lowest BCUT2D eigenvalue weighted by molar-refractivity contribution is 0.0680. The second-order valence-electron chi connectivity index (χ2n) is 9.86. The highest BCUT2D eigenvalue weighted by Crippen LogP contribution is 2.49. The summed E-state index contributed by atoms with van der Waals surface area (Å²) in [5.41, 5.74) is 2.58. The molecule has 0 atom stereocenters. The van der Waals surface area contributed by atoms with Crippen molar-refractivity contribution < 1.29 is 29.3 Å². The number of fused-ring (bicyclic) bond motifs is 2. The number of hydrogen-bond acceptors (Lipinski definition) is 4. The molecular weight excluding hydrogens is 528 g/mol. The summed E-state index contributed by atoms with van der Waals surface area (Å²) in [4.78, 5) is 25.4. The van der Waals surface area contributed by atoms with E-state index >= 15 is 0 Å². The molecule has 0 spiro atoms. The van der Waals surface area contributed by atoms with E-state index in [2.05, 4.69) is 0 Å². The van der Waals surface area contributed by atoms with Gasteiger partial charge in [0.25, 0.3) is 0 Å². The van der Waals surface area contributed by atoms with Crippen LogP contribution in [-0.4, -0.2) is 22.2 Å². The van der Waals surface area contributed by atoms with Gasteiger partial charge in [0.15, 0.2) is 0 Å². The van der Waals surface area contributed by atoms with Gasteiger partial charge < -0.3 is 19.7 Å². The lowest BCUT2D eigenvalue weighted by Crippen LogP contribution is -2.09. The van der Waals surface area contributed by atoms with Crippen molar-refractivity contribution in [1.82, 2.24) is 0 Å². The highest BCUT2D eigenvalue weighted by atomic mass is 16.5. The molecule has 0 aromatic heterocycles. The van der Waals surface area contributed by atoms with E-state index in [-0.39, 0.29) is 35.8 Å². The van der Waals surface area contributed by atoms with Crippen LogP contribution >= 0.6 is 0 Å². The van der Waals surface area contributed by atoms with Crippen LogP contribution in [0.3, 0.4) is 0 Å². The lowest BCUT2D eigenvalue weighted by Gasteiger charge is -2.22. The number of hydrogen-bond donors (Lipinski definition) is 2. The predicted molar refractivity (Wildman–Crippen MR) is 162 cm³/mol. The number of benzene rings is 6. The maximum absolute atomic E-state index is 12.7. The van der Waals surface area contributed by atoms with Crippen LogP contribution in [0, 0.1) is 0 Å². The molecular formula is C36H26O6. The summed E-state index contributed by atoms with van der Waals surface area (Å²) in [6.45, 7) is 0.229. The molecule has 0 saturated carbocycles.